The van der Waals surface area contributed by atoms with Gasteiger partial charge in [-0.2, -0.15) is 0 Å². The molecule has 8 nitrogen and oxygen atoms in total. The molecule has 0 aliphatic rings. The van der Waals surface area contributed by atoms with Gasteiger partial charge < -0.3 is 21.7 Å². The van der Waals surface area contributed by atoms with Crippen molar-refractivity contribution in [2.45, 2.75) is 36.5 Å². The van der Waals surface area contributed by atoms with Crippen LogP contribution >= 0.6 is 11.8 Å². The van der Waals surface area contributed by atoms with Crippen LogP contribution in [0.15, 0.2) is 83.8 Å². The average molecular weight is 519 g/mol. The zero-order valence-electron chi connectivity index (χ0n) is 20.5. The van der Waals surface area contributed by atoms with Crippen LogP contribution in [-0.2, 0) is 26.6 Å². The second kappa shape index (κ2) is 13.8. The van der Waals surface area contributed by atoms with Crippen LogP contribution in [-0.4, -0.2) is 36.2 Å². The first-order chi connectivity index (χ1) is 17.8. The van der Waals surface area contributed by atoms with Gasteiger partial charge in [0, 0.05) is 42.6 Å². The van der Waals surface area contributed by atoms with E-state index in [1.807, 2.05) is 66.7 Å². The van der Waals surface area contributed by atoms with Crippen molar-refractivity contribution in [1.82, 2.24) is 10.6 Å². The van der Waals surface area contributed by atoms with E-state index in [0.717, 1.165) is 16.0 Å². The minimum absolute atomic E-state index is 0.0851. The molecule has 0 aromatic heterocycles. The van der Waals surface area contributed by atoms with E-state index >= 15 is 0 Å². The molecular formula is C28H30N4O4S. The van der Waals surface area contributed by atoms with Gasteiger partial charge in [-0.05, 0) is 35.4 Å². The first-order valence-electron chi connectivity index (χ1n) is 11.8. The van der Waals surface area contributed by atoms with E-state index in [1.54, 1.807) is 12.1 Å². The molecule has 1 unspecified atom stereocenters. The van der Waals surface area contributed by atoms with E-state index in [0.29, 0.717) is 23.4 Å². The van der Waals surface area contributed by atoms with Crippen LogP contribution in [0.4, 0.5) is 5.69 Å². The maximum atomic E-state index is 12.9. The third kappa shape index (κ3) is 9.12. The van der Waals surface area contributed by atoms with Crippen molar-refractivity contribution in [3.05, 3.63) is 95.6 Å². The summed E-state index contributed by atoms with van der Waals surface area (Å²) in [4.78, 5) is 48.7. The van der Waals surface area contributed by atoms with Crippen LogP contribution in [0.1, 0.15) is 34.8 Å². The van der Waals surface area contributed by atoms with Crippen LogP contribution < -0.4 is 21.7 Å². The van der Waals surface area contributed by atoms with Gasteiger partial charge in [0.1, 0.15) is 6.04 Å². The van der Waals surface area contributed by atoms with Gasteiger partial charge >= 0.3 is 0 Å². The molecule has 37 heavy (non-hydrogen) atoms. The molecular weight excluding hydrogens is 488 g/mol. The van der Waals surface area contributed by atoms with E-state index in [9.17, 15) is 19.2 Å². The topological polar surface area (TPSA) is 130 Å². The summed E-state index contributed by atoms with van der Waals surface area (Å²) in [6.45, 7) is 1.58. The highest BCUT2D eigenvalue weighted by Gasteiger charge is 2.20. The summed E-state index contributed by atoms with van der Waals surface area (Å²) in [6, 6.07) is 23.5. The standard InChI is InChI=1S/C28H30N4O4S/c1-19(33)31-24(17-20-7-3-2-4-8-20)28(36)32-22-13-11-21(12-14-22)18-37-25-10-6-5-9-23(25)27(35)30-16-15-26(29)34/h2-14,24H,15-18H2,1H3,(H2,29,34)(H,30,35)(H,31,33)(H,32,36). The summed E-state index contributed by atoms with van der Waals surface area (Å²) in [6.07, 6.45) is 0.470. The van der Waals surface area contributed by atoms with Gasteiger partial charge in [-0.3, -0.25) is 19.2 Å². The fourth-order valence-corrected chi connectivity index (χ4v) is 4.56. The third-order valence-electron chi connectivity index (χ3n) is 5.38. The second-order valence-electron chi connectivity index (χ2n) is 8.39. The Hall–Kier alpha value is -4.11. The largest absolute Gasteiger partial charge is 0.370 e. The summed E-state index contributed by atoms with van der Waals surface area (Å²) in [7, 11) is 0. The van der Waals surface area contributed by atoms with Gasteiger partial charge in [0.2, 0.25) is 17.7 Å². The van der Waals surface area contributed by atoms with E-state index in [1.165, 1.54) is 18.7 Å². The molecule has 4 amide bonds. The summed E-state index contributed by atoms with van der Waals surface area (Å²) in [5.74, 6) is -0.679. The normalized spacial score (nSPS) is 11.3. The van der Waals surface area contributed by atoms with Gasteiger partial charge in [-0.1, -0.05) is 54.6 Å². The Morgan fingerprint density at radius 1 is 0.865 bits per heavy atom. The summed E-state index contributed by atoms with van der Waals surface area (Å²) < 4.78 is 0. The molecule has 9 heteroatoms. The van der Waals surface area contributed by atoms with E-state index in [-0.39, 0.29) is 30.7 Å². The van der Waals surface area contributed by atoms with Crippen LogP contribution in [0, 0.1) is 0 Å². The highest BCUT2D eigenvalue weighted by atomic mass is 32.2. The Balaban J connectivity index is 1.58. The molecule has 5 N–H and O–H groups in total. The minimum Gasteiger partial charge on any atom is -0.370 e. The fraction of sp³-hybridized carbons (Fsp3) is 0.214. The van der Waals surface area contributed by atoms with Gasteiger partial charge in [0.25, 0.3) is 5.91 Å². The molecule has 0 saturated heterocycles. The molecule has 0 aliphatic carbocycles. The number of benzene rings is 3. The Labute approximate surface area is 220 Å². The van der Waals surface area contributed by atoms with Crippen molar-refractivity contribution in [2.24, 2.45) is 5.73 Å². The Bertz CT molecular complexity index is 1230. The van der Waals surface area contributed by atoms with Crippen LogP contribution in [0.25, 0.3) is 0 Å². The highest BCUT2D eigenvalue weighted by molar-refractivity contribution is 7.98. The second-order valence-corrected chi connectivity index (χ2v) is 9.40. The predicted octanol–water partition coefficient (Wildman–Crippen LogP) is 3.27. The van der Waals surface area contributed by atoms with Crippen molar-refractivity contribution in [3.8, 4) is 0 Å². The molecule has 0 fully saturated rings. The fourth-order valence-electron chi connectivity index (χ4n) is 3.55. The zero-order valence-corrected chi connectivity index (χ0v) is 21.3. The van der Waals surface area contributed by atoms with Crippen LogP contribution in [0.5, 0.6) is 0 Å². The maximum Gasteiger partial charge on any atom is 0.252 e. The molecule has 192 valence electrons. The molecule has 3 aromatic carbocycles. The lowest BCUT2D eigenvalue weighted by Gasteiger charge is -2.18. The molecule has 0 saturated carbocycles. The van der Waals surface area contributed by atoms with Gasteiger partial charge in [0.15, 0.2) is 0 Å². The lowest BCUT2D eigenvalue weighted by molar-refractivity contribution is -0.125. The average Bonchev–Trinajstić information content (AvgIpc) is 2.88. The third-order valence-corrected chi connectivity index (χ3v) is 6.53. The number of amides is 4. The molecule has 0 heterocycles. The Morgan fingerprint density at radius 3 is 2.22 bits per heavy atom. The number of thioether (sulfide) groups is 1. The molecule has 3 aromatic rings. The number of hydrogen-bond donors (Lipinski definition) is 4. The van der Waals surface area contributed by atoms with Crippen molar-refractivity contribution >= 4 is 41.1 Å². The number of nitrogens with one attached hydrogen (secondary N) is 3. The Kier molecular flexibility index (Phi) is 10.3. The first-order valence-corrected chi connectivity index (χ1v) is 12.8. The number of rotatable bonds is 12. The number of primary amides is 1. The van der Waals surface area contributed by atoms with Crippen molar-refractivity contribution in [3.63, 3.8) is 0 Å². The molecule has 0 bridgehead atoms. The van der Waals surface area contributed by atoms with Crippen molar-refractivity contribution in [2.75, 3.05) is 11.9 Å². The van der Waals surface area contributed by atoms with Crippen LogP contribution in [0.3, 0.4) is 0 Å². The molecule has 0 radical (unpaired) electrons. The Morgan fingerprint density at radius 2 is 1.54 bits per heavy atom. The van der Waals surface area contributed by atoms with Gasteiger partial charge in [0.05, 0.1) is 5.56 Å². The SMILES string of the molecule is CC(=O)NC(Cc1ccccc1)C(=O)Nc1ccc(CSc2ccccc2C(=O)NCCC(N)=O)cc1. The lowest BCUT2D eigenvalue weighted by atomic mass is 10.0. The van der Waals surface area contributed by atoms with Gasteiger partial charge in [-0.25, -0.2) is 0 Å². The molecule has 1 atom stereocenters. The van der Waals surface area contributed by atoms with Crippen molar-refractivity contribution in [1.29, 1.82) is 0 Å². The predicted molar refractivity (Wildman–Crippen MR) is 145 cm³/mol. The lowest BCUT2D eigenvalue weighted by Crippen LogP contribution is -2.44. The number of carbonyl (C=O) groups is 4. The van der Waals surface area contributed by atoms with Gasteiger partial charge in [-0.15, -0.1) is 11.8 Å². The molecule has 3 rings (SSSR count). The smallest absolute Gasteiger partial charge is 0.252 e. The van der Waals surface area contributed by atoms with E-state index in [2.05, 4.69) is 16.0 Å². The highest BCUT2D eigenvalue weighted by Crippen LogP contribution is 2.27. The molecule has 0 aliphatic heterocycles. The minimum atomic E-state index is -0.694. The first kappa shape index (κ1) is 27.5. The maximum absolute atomic E-state index is 12.9. The van der Waals surface area contributed by atoms with Crippen molar-refractivity contribution < 1.29 is 19.2 Å². The quantitative estimate of drug-likeness (QED) is 0.274. The number of nitrogens with two attached hydrogens (primary N) is 1. The van der Waals surface area contributed by atoms with E-state index in [4.69, 9.17) is 5.73 Å². The zero-order chi connectivity index (χ0) is 26.6. The monoisotopic (exact) mass is 518 g/mol. The summed E-state index contributed by atoms with van der Waals surface area (Å²) >= 11 is 1.51. The van der Waals surface area contributed by atoms with E-state index < -0.39 is 11.9 Å². The number of carbonyl (C=O) groups excluding carboxylic acids is 4. The molecule has 0 spiro atoms. The summed E-state index contributed by atoms with van der Waals surface area (Å²) in [5.41, 5.74) is 8.24. The number of hydrogen-bond acceptors (Lipinski definition) is 5. The van der Waals surface area contributed by atoms with Crippen LogP contribution in [0.2, 0.25) is 0 Å². The number of anilines is 1. The summed E-state index contributed by atoms with van der Waals surface area (Å²) in [5, 5.41) is 8.31.